The van der Waals surface area contributed by atoms with Crippen molar-refractivity contribution in [3.63, 3.8) is 0 Å². The molecule has 2 fully saturated rings. The number of hydrogen-bond donors (Lipinski definition) is 1. The van der Waals surface area contributed by atoms with Crippen molar-refractivity contribution in [3.8, 4) is 0 Å². The average Bonchev–Trinajstić information content (AvgIpc) is 2.98. The van der Waals surface area contributed by atoms with Crippen LogP contribution >= 0.6 is 0 Å². The number of nitrogens with zero attached hydrogens (tertiary/aromatic N) is 3. The first-order chi connectivity index (χ1) is 12.6. The summed E-state index contributed by atoms with van der Waals surface area (Å²) in [7, 11) is 0. The van der Waals surface area contributed by atoms with Gasteiger partial charge in [-0.15, -0.1) is 0 Å². The summed E-state index contributed by atoms with van der Waals surface area (Å²) in [6, 6.07) is 5.85. The molecule has 134 valence electrons. The van der Waals surface area contributed by atoms with Crippen LogP contribution in [0, 0.1) is 6.92 Å². The van der Waals surface area contributed by atoms with Crippen molar-refractivity contribution < 1.29 is 9.59 Å². The number of carbonyl (C=O) groups excluding carboxylic acids is 2. The van der Waals surface area contributed by atoms with E-state index in [-0.39, 0.29) is 23.3 Å². The Morgan fingerprint density at radius 1 is 1.19 bits per heavy atom. The van der Waals surface area contributed by atoms with Gasteiger partial charge in [-0.1, -0.05) is 0 Å². The van der Waals surface area contributed by atoms with Crippen molar-refractivity contribution in [2.24, 2.45) is 0 Å². The second-order valence-corrected chi connectivity index (χ2v) is 7.28. The molecular weight excluding hydrogens is 328 g/mol. The minimum Gasteiger partial charge on any atom is -0.350 e. The van der Waals surface area contributed by atoms with E-state index in [0.29, 0.717) is 25.1 Å². The zero-order valence-corrected chi connectivity index (χ0v) is 14.8. The molecule has 6 heteroatoms. The predicted octanol–water partition coefficient (Wildman–Crippen LogP) is 2.06. The highest BCUT2D eigenvalue weighted by Crippen LogP contribution is 2.43. The number of nitrogens with one attached hydrogen (secondary N) is 1. The van der Waals surface area contributed by atoms with Crippen molar-refractivity contribution in [2.75, 3.05) is 13.1 Å². The van der Waals surface area contributed by atoms with Crippen LogP contribution in [-0.2, 0) is 4.79 Å². The van der Waals surface area contributed by atoms with Crippen molar-refractivity contribution >= 4 is 11.8 Å². The molecule has 4 heterocycles. The number of aromatic nitrogens is 2. The molecule has 6 nitrogen and oxygen atoms in total. The van der Waals surface area contributed by atoms with Crippen LogP contribution in [0.1, 0.15) is 46.7 Å². The molecule has 1 N–H and O–H groups in total. The van der Waals surface area contributed by atoms with Crippen LogP contribution in [0.4, 0.5) is 0 Å². The summed E-state index contributed by atoms with van der Waals surface area (Å²) in [5.41, 5.74) is 2.48. The lowest BCUT2D eigenvalue weighted by Gasteiger charge is -2.43. The van der Waals surface area contributed by atoms with Crippen LogP contribution in [-0.4, -0.2) is 45.3 Å². The highest BCUT2D eigenvalue weighted by atomic mass is 16.2. The number of hydrogen-bond acceptors (Lipinski definition) is 4. The Labute approximate surface area is 152 Å². The van der Waals surface area contributed by atoms with Crippen LogP contribution in [0.5, 0.6) is 0 Å². The van der Waals surface area contributed by atoms with E-state index >= 15 is 0 Å². The Bertz CT molecular complexity index is 829. The number of rotatable bonds is 2. The van der Waals surface area contributed by atoms with Gasteiger partial charge in [-0.05, 0) is 49.1 Å². The normalized spacial score (nSPS) is 21.7. The number of piperidine rings is 1. The standard InChI is InChI=1S/C20H22N4O2/c1-14-10-16(13-22-12-14)19(26)24-8-4-20(5-9-24)17(11-18(25)23-20)15-2-6-21-7-3-15/h2-3,6-7,10,12-13,17H,4-5,8-9,11H2,1H3,(H,23,25). The van der Waals surface area contributed by atoms with E-state index in [1.807, 2.05) is 30.0 Å². The first kappa shape index (κ1) is 16.7. The quantitative estimate of drug-likeness (QED) is 0.900. The fraction of sp³-hybridized carbons (Fsp3) is 0.400. The van der Waals surface area contributed by atoms with Gasteiger partial charge in [0.1, 0.15) is 0 Å². The van der Waals surface area contributed by atoms with E-state index in [1.54, 1.807) is 24.8 Å². The van der Waals surface area contributed by atoms with Crippen LogP contribution in [0.2, 0.25) is 0 Å². The van der Waals surface area contributed by atoms with E-state index in [9.17, 15) is 9.59 Å². The molecule has 2 amide bonds. The van der Waals surface area contributed by atoms with Gasteiger partial charge < -0.3 is 10.2 Å². The maximum atomic E-state index is 12.8. The van der Waals surface area contributed by atoms with Crippen LogP contribution in [0.15, 0.2) is 43.0 Å². The highest BCUT2D eigenvalue weighted by molar-refractivity contribution is 5.94. The fourth-order valence-corrected chi connectivity index (χ4v) is 4.27. The lowest BCUT2D eigenvalue weighted by molar-refractivity contribution is -0.120. The van der Waals surface area contributed by atoms with Crippen molar-refractivity contribution in [2.45, 2.75) is 37.6 Å². The molecular formula is C20H22N4O2. The SMILES string of the molecule is Cc1cncc(C(=O)N2CCC3(CC2)NC(=O)CC3c2ccncc2)c1. The summed E-state index contributed by atoms with van der Waals surface area (Å²) in [6.07, 6.45) is 8.93. The fourth-order valence-electron chi connectivity index (χ4n) is 4.27. The number of likely N-dealkylation sites (tertiary alicyclic amines) is 1. The lowest BCUT2D eigenvalue weighted by atomic mass is 9.74. The molecule has 2 aliphatic rings. The minimum absolute atomic E-state index is 0.0147. The van der Waals surface area contributed by atoms with Crippen molar-refractivity contribution in [1.29, 1.82) is 0 Å². The van der Waals surface area contributed by atoms with Gasteiger partial charge in [0, 0.05) is 50.2 Å². The third kappa shape index (κ3) is 2.96. The topological polar surface area (TPSA) is 75.2 Å². The number of amides is 2. The molecule has 2 aromatic heterocycles. The maximum Gasteiger partial charge on any atom is 0.255 e. The van der Waals surface area contributed by atoms with Crippen LogP contribution in [0.3, 0.4) is 0 Å². The summed E-state index contributed by atoms with van der Waals surface area (Å²) >= 11 is 0. The summed E-state index contributed by atoms with van der Waals surface area (Å²) in [5, 5.41) is 3.22. The van der Waals surface area contributed by atoms with E-state index in [0.717, 1.165) is 24.0 Å². The monoisotopic (exact) mass is 350 g/mol. The largest absolute Gasteiger partial charge is 0.350 e. The summed E-state index contributed by atoms with van der Waals surface area (Å²) < 4.78 is 0. The number of carbonyl (C=O) groups is 2. The van der Waals surface area contributed by atoms with Crippen LogP contribution < -0.4 is 5.32 Å². The van der Waals surface area contributed by atoms with Crippen molar-refractivity contribution in [1.82, 2.24) is 20.2 Å². The number of pyridine rings is 2. The molecule has 26 heavy (non-hydrogen) atoms. The second-order valence-electron chi connectivity index (χ2n) is 7.28. The Balaban J connectivity index is 1.51. The van der Waals surface area contributed by atoms with Gasteiger partial charge in [-0.3, -0.25) is 19.6 Å². The molecule has 2 saturated heterocycles. The third-order valence-electron chi connectivity index (χ3n) is 5.62. The summed E-state index contributed by atoms with van der Waals surface area (Å²) in [6.45, 7) is 3.20. The summed E-state index contributed by atoms with van der Waals surface area (Å²) in [4.78, 5) is 35.0. The first-order valence-electron chi connectivity index (χ1n) is 8.99. The van der Waals surface area contributed by atoms with Gasteiger partial charge in [0.25, 0.3) is 5.91 Å². The zero-order chi connectivity index (χ0) is 18.1. The third-order valence-corrected chi connectivity index (χ3v) is 5.62. The molecule has 0 aliphatic carbocycles. The minimum atomic E-state index is -0.264. The van der Waals surface area contributed by atoms with Gasteiger partial charge in [-0.2, -0.15) is 0 Å². The lowest BCUT2D eigenvalue weighted by Crippen LogP contribution is -2.54. The molecule has 4 rings (SSSR count). The molecule has 1 atom stereocenters. The van der Waals surface area contributed by atoms with Crippen molar-refractivity contribution in [3.05, 3.63) is 59.7 Å². The van der Waals surface area contributed by atoms with Gasteiger partial charge in [0.05, 0.1) is 11.1 Å². The first-order valence-corrected chi connectivity index (χ1v) is 8.99. The molecule has 0 radical (unpaired) electrons. The van der Waals surface area contributed by atoms with Gasteiger partial charge in [0.15, 0.2) is 0 Å². The Morgan fingerprint density at radius 2 is 1.92 bits per heavy atom. The number of aryl methyl sites for hydroxylation is 1. The van der Waals surface area contributed by atoms with E-state index in [4.69, 9.17) is 0 Å². The average molecular weight is 350 g/mol. The van der Waals surface area contributed by atoms with E-state index in [1.165, 1.54) is 0 Å². The highest BCUT2D eigenvalue weighted by Gasteiger charge is 2.49. The van der Waals surface area contributed by atoms with Gasteiger partial charge in [0.2, 0.25) is 5.91 Å². The predicted molar refractivity (Wildman–Crippen MR) is 96.6 cm³/mol. The molecule has 0 saturated carbocycles. The molecule has 1 spiro atoms. The Morgan fingerprint density at radius 3 is 2.62 bits per heavy atom. The Kier molecular flexibility index (Phi) is 4.18. The van der Waals surface area contributed by atoms with Gasteiger partial charge >= 0.3 is 0 Å². The molecule has 0 bridgehead atoms. The molecule has 2 aromatic rings. The molecule has 1 unspecified atom stereocenters. The summed E-state index contributed by atoms with van der Waals surface area (Å²) in [5.74, 6) is 0.242. The van der Waals surface area contributed by atoms with Crippen LogP contribution in [0.25, 0.3) is 0 Å². The molecule has 2 aliphatic heterocycles. The molecule has 0 aromatic carbocycles. The zero-order valence-electron chi connectivity index (χ0n) is 14.8. The Hall–Kier alpha value is -2.76. The second kappa shape index (κ2) is 6.52. The van der Waals surface area contributed by atoms with E-state index < -0.39 is 0 Å². The smallest absolute Gasteiger partial charge is 0.255 e. The van der Waals surface area contributed by atoms with E-state index in [2.05, 4.69) is 15.3 Å². The van der Waals surface area contributed by atoms with Gasteiger partial charge in [-0.25, -0.2) is 0 Å². The maximum absolute atomic E-state index is 12.8.